The first-order valence-corrected chi connectivity index (χ1v) is 9.19. The minimum Gasteiger partial charge on any atom is -0.459 e. The van der Waals surface area contributed by atoms with E-state index >= 15 is 0 Å². The van der Waals surface area contributed by atoms with Gasteiger partial charge >= 0.3 is 5.97 Å². The average molecular weight is 443 g/mol. The number of carbonyl (C=O) groups excluding carboxylic acids is 1. The van der Waals surface area contributed by atoms with Crippen molar-refractivity contribution in [2.75, 3.05) is 0 Å². The predicted molar refractivity (Wildman–Crippen MR) is 87.5 cm³/mol. The van der Waals surface area contributed by atoms with Gasteiger partial charge in [-0.1, -0.05) is 15.9 Å². The van der Waals surface area contributed by atoms with Crippen molar-refractivity contribution in [3.8, 4) is 0 Å². The maximum absolute atomic E-state index is 12.3. The number of benzene rings is 1. The monoisotopic (exact) mass is 441 g/mol. The third-order valence-corrected chi connectivity index (χ3v) is 5.30. The molecule has 1 aromatic rings. The Balaban J connectivity index is 2.95. The molecule has 1 rings (SSSR count). The molecule has 0 amide bonds. The number of sulfonamides is 1. The fourth-order valence-electron chi connectivity index (χ4n) is 1.42. The van der Waals surface area contributed by atoms with Crippen molar-refractivity contribution in [1.29, 1.82) is 0 Å². The molecule has 0 spiro atoms. The van der Waals surface area contributed by atoms with Gasteiger partial charge in [0.2, 0.25) is 10.0 Å². The van der Waals surface area contributed by atoms with Gasteiger partial charge in [-0.05, 0) is 61.8 Å². The summed E-state index contributed by atoms with van der Waals surface area (Å²) >= 11 is 6.40. The first-order valence-electron chi connectivity index (χ1n) is 6.12. The van der Waals surface area contributed by atoms with E-state index in [9.17, 15) is 13.2 Å². The molecule has 0 aliphatic heterocycles. The first-order chi connectivity index (χ1) is 9.42. The minimum atomic E-state index is -3.84. The molecule has 0 fully saturated rings. The highest BCUT2D eigenvalue weighted by Gasteiger charge is 2.27. The summed E-state index contributed by atoms with van der Waals surface area (Å²) in [5.74, 6) is -0.628. The molecule has 5 nitrogen and oxygen atoms in total. The summed E-state index contributed by atoms with van der Waals surface area (Å²) in [6.45, 7) is 6.60. The smallest absolute Gasteiger partial charge is 0.324 e. The molecule has 0 saturated carbocycles. The lowest BCUT2D eigenvalue weighted by atomic mass is 10.2. The van der Waals surface area contributed by atoms with Gasteiger partial charge in [0.25, 0.3) is 0 Å². The standard InChI is InChI=1S/C13H17Br2NO4S/c1-8(12(17)20-13(2,3)4)16-21(18,19)11-7-9(14)5-6-10(11)15/h5-8,16H,1-4H3/t8-/m1/s1. The van der Waals surface area contributed by atoms with Crippen molar-refractivity contribution in [3.63, 3.8) is 0 Å². The molecular weight excluding hydrogens is 426 g/mol. The largest absolute Gasteiger partial charge is 0.459 e. The van der Waals surface area contributed by atoms with Crippen molar-refractivity contribution >= 4 is 47.9 Å². The summed E-state index contributed by atoms with van der Waals surface area (Å²) in [5.41, 5.74) is -0.673. The molecule has 0 saturated heterocycles. The van der Waals surface area contributed by atoms with Crippen molar-refractivity contribution in [2.45, 2.75) is 44.2 Å². The van der Waals surface area contributed by atoms with Crippen LogP contribution in [0.4, 0.5) is 0 Å². The molecule has 118 valence electrons. The molecule has 21 heavy (non-hydrogen) atoms. The van der Waals surface area contributed by atoms with Crippen molar-refractivity contribution in [2.24, 2.45) is 0 Å². The zero-order valence-corrected chi connectivity index (χ0v) is 16.1. The van der Waals surface area contributed by atoms with Gasteiger partial charge in [-0.25, -0.2) is 8.42 Å². The Morgan fingerprint density at radius 3 is 2.38 bits per heavy atom. The van der Waals surface area contributed by atoms with Crippen LogP contribution >= 0.6 is 31.9 Å². The second kappa shape index (κ2) is 6.76. The zero-order valence-electron chi connectivity index (χ0n) is 12.1. The fourth-order valence-corrected chi connectivity index (χ4v) is 4.11. The van der Waals surface area contributed by atoms with Gasteiger partial charge in [-0.3, -0.25) is 4.79 Å². The van der Waals surface area contributed by atoms with E-state index in [1.165, 1.54) is 13.0 Å². The topological polar surface area (TPSA) is 72.5 Å². The van der Waals surface area contributed by atoms with Crippen LogP contribution in [0.5, 0.6) is 0 Å². The molecule has 0 bridgehead atoms. The molecule has 1 atom stereocenters. The van der Waals surface area contributed by atoms with E-state index in [0.29, 0.717) is 8.95 Å². The van der Waals surface area contributed by atoms with Gasteiger partial charge < -0.3 is 4.74 Å². The Hall–Kier alpha value is -0.440. The number of ether oxygens (including phenoxy) is 1. The Bertz CT molecular complexity index is 638. The predicted octanol–water partition coefficient (Wildman–Crippen LogP) is 3.22. The van der Waals surface area contributed by atoms with E-state index in [4.69, 9.17) is 4.74 Å². The van der Waals surface area contributed by atoms with E-state index in [1.54, 1.807) is 32.9 Å². The molecule has 0 radical (unpaired) electrons. The van der Waals surface area contributed by atoms with Crippen LogP contribution in [0.25, 0.3) is 0 Å². The Labute approximate surface area is 141 Å². The van der Waals surface area contributed by atoms with Crippen LogP contribution in [0, 0.1) is 0 Å². The van der Waals surface area contributed by atoms with Crippen LogP contribution < -0.4 is 4.72 Å². The van der Waals surface area contributed by atoms with Gasteiger partial charge in [0.15, 0.2) is 0 Å². The lowest BCUT2D eigenvalue weighted by molar-refractivity contribution is -0.156. The van der Waals surface area contributed by atoms with E-state index in [1.807, 2.05) is 0 Å². The van der Waals surface area contributed by atoms with E-state index < -0.39 is 27.6 Å². The quantitative estimate of drug-likeness (QED) is 0.726. The lowest BCUT2D eigenvalue weighted by Gasteiger charge is -2.22. The fraction of sp³-hybridized carbons (Fsp3) is 0.462. The number of hydrogen-bond donors (Lipinski definition) is 1. The number of hydrogen-bond acceptors (Lipinski definition) is 4. The van der Waals surface area contributed by atoms with Crippen LogP contribution in [-0.2, 0) is 19.6 Å². The van der Waals surface area contributed by atoms with E-state index in [0.717, 1.165) is 0 Å². The molecule has 0 aliphatic carbocycles. The van der Waals surface area contributed by atoms with Gasteiger partial charge in [-0.15, -0.1) is 0 Å². The second-order valence-corrected chi connectivity index (χ2v) is 8.90. The summed E-state index contributed by atoms with van der Waals surface area (Å²) in [5, 5.41) is 0. The maximum atomic E-state index is 12.3. The van der Waals surface area contributed by atoms with Crippen LogP contribution in [0.1, 0.15) is 27.7 Å². The Morgan fingerprint density at radius 1 is 1.29 bits per heavy atom. The minimum absolute atomic E-state index is 0.0484. The number of esters is 1. The van der Waals surface area contributed by atoms with Crippen molar-refractivity contribution < 1.29 is 17.9 Å². The van der Waals surface area contributed by atoms with E-state index in [-0.39, 0.29) is 4.90 Å². The molecule has 1 aromatic carbocycles. The Kier molecular flexibility index (Phi) is 5.99. The third-order valence-electron chi connectivity index (χ3n) is 2.28. The number of rotatable bonds is 4. The molecule has 0 aliphatic rings. The lowest BCUT2D eigenvalue weighted by Crippen LogP contribution is -2.42. The molecule has 8 heteroatoms. The summed E-state index contributed by atoms with van der Waals surface area (Å²) in [6, 6.07) is 3.78. The van der Waals surface area contributed by atoms with Gasteiger partial charge in [0.05, 0.1) is 4.90 Å². The van der Waals surface area contributed by atoms with Crippen LogP contribution in [-0.4, -0.2) is 26.0 Å². The summed E-state index contributed by atoms with van der Waals surface area (Å²) < 4.78 is 33.1. The van der Waals surface area contributed by atoms with Gasteiger partial charge in [0, 0.05) is 8.95 Å². The van der Waals surface area contributed by atoms with E-state index in [2.05, 4.69) is 36.6 Å². The number of nitrogens with one attached hydrogen (secondary N) is 1. The van der Waals surface area contributed by atoms with Crippen molar-refractivity contribution in [3.05, 3.63) is 27.1 Å². The molecule has 1 N–H and O–H groups in total. The van der Waals surface area contributed by atoms with Crippen LogP contribution in [0.3, 0.4) is 0 Å². The highest BCUT2D eigenvalue weighted by atomic mass is 79.9. The van der Waals surface area contributed by atoms with Crippen LogP contribution in [0.15, 0.2) is 32.0 Å². The molecular formula is C13H17Br2NO4S. The molecule has 0 aromatic heterocycles. The van der Waals surface area contributed by atoms with Gasteiger partial charge in [-0.2, -0.15) is 4.72 Å². The summed E-state index contributed by atoms with van der Waals surface area (Å²) in [6.07, 6.45) is 0. The zero-order chi connectivity index (χ0) is 16.4. The number of halogens is 2. The third kappa shape index (κ3) is 5.69. The summed E-state index contributed by atoms with van der Waals surface area (Å²) in [4.78, 5) is 11.9. The SMILES string of the molecule is C[C@@H](NS(=O)(=O)c1cc(Br)ccc1Br)C(=O)OC(C)(C)C. The second-order valence-electron chi connectivity index (χ2n) is 5.45. The molecule has 0 heterocycles. The highest BCUT2D eigenvalue weighted by molar-refractivity contribution is 9.11. The highest BCUT2D eigenvalue weighted by Crippen LogP contribution is 2.25. The van der Waals surface area contributed by atoms with Gasteiger partial charge in [0.1, 0.15) is 11.6 Å². The molecule has 0 unspecified atom stereocenters. The number of carbonyl (C=O) groups is 1. The Morgan fingerprint density at radius 2 is 1.86 bits per heavy atom. The normalized spacial score (nSPS) is 13.8. The summed E-state index contributed by atoms with van der Waals surface area (Å²) in [7, 11) is -3.84. The van der Waals surface area contributed by atoms with Crippen molar-refractivity contribution in [1.82, 2.24) is 4.72 Å². The van der Waals surface area contributed by atoms with Crippen LogP contribution in [0.2, 0.25) is 0 Å². The average Bonchev–Trinajstić information content (AvgIpc) is 2.29. The maximum Gasteiger partial charge on any atom is 0.324 e. The first kappa shape index (κ1) is 18.6.